The summed E-state index contributed by atoms with van der Waals surface area (Å²) in [5, 5.41) is 6.06. The molecule has 1 heterocycles. The second-order valence-electron chi connectivity index (χ2n) is 7.08. The molecule has 2 aliphatic rings. The van der Waals surface area contributed by atoms with Crippen molar-refractivity contribution in [1.29, 1.82) is 0 Å². The smallest absolute Gasteiger partial charge is 0.241 e. The number of amides is 1. The fourth-order valence-electron chi connectivity index (χ4n) is 3.95. The van der Waals surface area contributed by atoms with Gasteiger partial charge in [-0.15, -0.1) is 0 Å². The van der Waals surface area contributed by atoms with Gasteiger partial charge in [-0.1, -0.05) is 32.6 Å². The van der Waals surface area contributed by atoms with Gasteiger partial charge in [0.2, 0.25) is 5.91 Å². The summed E-state index contributed by atoms with van der Waals surface area (Å²) < 4.78 is 23.1. The zero-order valence-corrected chi connectivity index (χ0v) is 14.7. The largest absolute Gasteiger partial charge is 0.355 e. The zero-order chi connectivity index (χ0) is 16.2. The van der Waals surface area contributed by atoms with Crippen LogP contribution in [0.25, 0.3) is 0 Å². The monoisotopic (exact) mass is 330 g/mol. The molecule has 2 rings (SSSR count). The molecule has 2 unspecified atom stereocenters. The van der Waals surface area contributed by atoms with E-state index in [1.165, 1.54) is 31.9 Å². The molecular formula is C16H30N2O3S. The minimum absolute atomic E-state index is 0.292. The highest BCUT2D eigenvalue weighted by Crippen LogP contribution is 2.32. The van der Waals surface area contributed by atoms with Crippen molar-refractivity contribution in [3.8, 4) is 0 Å². The van der Waals surface area contributed by atoms with Crippen LogP contribution in [0.5, 0.6) is 0 Å². The summed E-state index contributed by atoms with van der Waals surface area (Å²) >= 11 is 0. The fourth-order valence-corrected chi connectivity index (χ4v) is 5.31. The van der Waals surface area contributed by atoms with Gasteiger partial charge in [-0.05, 0) is 44.2 Å². The van der Waals surface area contributed by atoms with Crippen LogP contribution in [-0.4, -0.2) is 45.0 Å². The summed E-state index contributed by atoms with van der Waals surface area (Å²) in [5.74, 6) is 1.09. The van der Waals surface area contributed by atoms with Crippen LogP contribution >= 0.6 is 0 Å². The third-order valence-electron chi connectivity index (χ3n) is 5.62. The Hall–Kier alpha value is -0.620. The van der Waals surface area contributed by atoms with Crippen LogP contribution in [-0.2, 0) is 14.6 Å². The highest BCUT2D eigenvalue weighted by atomic mass is 32.2. The normalized spacial score (nSPS) is 29.0. The number of carbonyl (C=O) groups excluding carboxylic acids is 1. The minimum atomic E-state index is -3.40. The van der Waals surface area contributed by atoms with E-state index in [9.17, 15) is 13.2 Å². The van der Waals surface area contributed by atoms with Gasteiger partial charge in [-0.2, -0.15) is 0 Å². The Labute approximate surface area is 134 Å². The van der Waals surface area contributed by atoms with Crippen LogP contribution in [0.15, 0.2) is 0 Å². The maximum absolute atomic E-state index is 12.6. The Balaban J connectivity index is 1.92. The van der Waals surface area contributed by atoms with Crippen LogP contribution in [0.4, 0.5) is 0 Å². The lowest BCUT2D eigenvalue weighted by Gasteiger charge is -2.35. The average Bonchev–Trinajstić information content (AvgIpc) is 2.48. The van der Waals surface area contributed by atoms with E-state index in [1.807, 2.05) is 0 Å². The molecule has 0 bridgehead atoms. The molecule has 128 valence electrons. The molecule has 1 amide bonds. The zero-order valence-electron chi connectivity index (χ0n) is 13.9. The Bertz CT molecular complexity index is 484. The van der Waals surface area contributed by atoms with Crippen molar-refractivity contribution in [2.75, 3.05) is 25.9 Å². The van der Waals surface area contributed by atoms with E-state index in [1.54, 1.807) is 0 Å². The third kappa shape index (κ3) is 3.82. The highest BCUT2D eigenvalue weighted by Gasteiger charge is 2.48. The lowest BCUT2D eigenvalue weighted by molar-refractivity contribution is -0.124. The van der Waals surface area contributed by atoms with Gasteiger partial charge in [0.25, 0.3) is 0 Å². The van der Waals surface area contributed by atoms with Gasteiger partial charge in [-0.25, -0.2) is 8.42 Å². The average molecular weight is 330 g/mol. The van der Waals surface area contributed by atoms with Crippen LogP contribution in [0.3, 0.4) is 0 Å². The molecule has 1 aliphatic heterocycles. The van der Waals surface area contributed by atoms with Crippen molar-refractivity contribution in [2.24, 2.45) is 11.8 Å². The molecule has 2 atom stereocenters. The van der Waals surface area contributed by atoms with Crippen molar-refractivity contribution in [2.45, 2.75) is 56.6 Å². The first kappa shape index (κ1) is 17.7. The summed E-state index contributed by atoms with van der Waals surface area (Å²) in [6.45, 7) is 4.05. The SMILES string of the molecule is CC1CCCCC1CCNC(=O)C1(S(C)(=O)=O)CCNCC1. The summed E-state index contributed by atoms with van der Waals surface area (Å²) in [6, 6.07) is 0. The number of piperidine rings is 1. The Morgan fingerprint density at radius 2 is 1.86 bits per heavy atom. The number of rotatable bonds is 5. The van der Waals surface area contributed by atoms with Gasteiger partial charge in [-0.3, -0.25) is 4.79 Å². The first-order chi connectivity index (χ1) is 10.4. The van der Waals surface area contributed by atoms with Crippen molar-refractivity contribution < 1.29 is 13.2 Å². The molecule has 6 heteroatoms. The summed E-state index contributed by atoms with van der Waals surface area (Å²) in [6.07, 6.45) is 8.01. The summed E-state index contributed by atoms with van der Waals surface area (Å²) in [7, 11) is -3.40. The predicted molar refractivity (Wildman–Crippen MR) is 88.4 cm³/mol. The molecule has 2 fully saturated rings. The van der Waals surface area contributed by atoms with Crippen molar-refractivity contribution in [1.82, 2.24) is 10.6 Å². The van der Waals surface area contributed by atoms with Gasteiger partial charge < -0.3 is 10.6 Å². The molecule has 1 saturated carbocycles. The maximum Gasteiger partial charge on any atom is 0.241 e. The van der Waals surface area contributed by atoms with Crippen LogP contribution in [0.2, 0.25) is 0 Å². The lowest BCUT2D eigenvalue weighted by Crippen LogP contribution is -2.57. The highest BCUT2D eigenvalue weighted by molar-refractivity contribution is 7.92. The van der Waals surface area contributed by atoms with Crippen LogP contribution in [0.1, 0.15) is 51.9 Å². The van der Waals surface area contributed by atoms with Gasteiger partial charge in [0.15, 0.2) is 14.6 Å². The minimum Gasteiger partial charge on any atom is -0.355 e. The van der Waals surface area contributed by atoms with E-state index in [0.29, 0.717) is 44.3 Å². The maximum atomic E-state index is 12.6. The second-order valence-corrected chi connectivity index (χ2v) is 9.41. The Kier molecular flexibility index (Phi) is 5.88. The number of hydrogen-bond acceptors (Lipinski definition) is 4. The Morgan fingerprint density at radius 1 is 1.23 bits per heavy atom. The molecule has 5 nitrogen and oxygen atoms in total. The van der Waals surface area contributed by atoms with E-state index in [2.05, 4.69) is 17.6 Å². The fraction of sp³-hybridized carbons (Fsp3) is 0.938. The third-order valence-corrected chi connectivity index (χ3v) is 7.64. The molecule has 0 spiro atoms. The molecule has 0 aromatic heterocycles. The number of sulfone groups is 1. The first-order valence-electron chi connectivity index (χ1n) is 8.55. The molecule has 0 aromatic carbocycles. The van der Waals surface area contributed by atoms with Gasteiger partial charge in [0.05, 0.1) is 0 Å². The van der Waals surface area contributed by atoms with Crippen molar-refractivity contribution in [3.63, 3.8) is 0 Å². The Morgan fingerprint density at radius 3 is 2.45 bits per heavy atom. The quantitative estimate of drug-likeness (QED) is 0.801. The van der Waals surface area contributed by atoms with E-state index in [4.69, 9.17) is 0 Å². The lowest BCUT2D eigenvalue weighted by atomic mass is 9.78. The van der Waals surface area contributed by atoms with Gasteiger partial charge in [0.1, 0.15) is 0 Å². The molecular weight excluding hydrogens is 300 g/mol. The molecule has 1 saturated heterocycles. The molecule has 22 heavy (non-hydrogen) atoms. The molecule has 1 aliphatic carbocycles. The van der Waals surface area contributed by atoms with Crippen molar-refractivity contribution in [3.05, 3.63) is 0 Å². The van der Waals surface area contributed by atoms with E-state index in [0.717, 1.165) is 6.42 Å². The number of carbonyl (C=O) groups is 1. The van der Waals surface area contributed by atoms with Crippen molar-refractivity contribution >= 4 is 15.7 Å². The summed E-state index contributed by atoms with van der Waals surface area (Å²) in [5.41, 5.74) is 0. The molecule has 0 radical (unpaired) electrons. The predicted octanol–water partition coefficient (Wildman–Crippen LogP) is 1.49. The second kappa shape index (κ2) is 7.30. The number of hydrogen-bond donors (Lipinski definition) is 2. The topological polar surface area (TPSA) is 75.3 Å². The van der Waals surface area contributed by atoms with Crippen LogP contribution in [0, 0.1) is 11.8 Å². The van der Waals surface area contributed by atoms with E-state index >= 15 is 0 Å². The first-order valence-corrected chi connectivity index (χ1v) is 10.4. The van der Waals surface area contributed by atoms with Gasteiger partial charge >= 0.3 is 0 Å². The standard InChI is InChI=1S/C16H30N2O3S/c1-13-5-3-4-6-14(13)7-10-18-15(19)16(22(2,20)21)8-11-17-12-9-16/h13-14,17H,3-12H2,1-2H3,(H,18,19). The van der Waals surface area contributed by atoms with E-state index in [-0.39, 0.29) is 5.91 Å². The van der Waals surface area contributed by atoms with Gasteiger partial charge in [0, 0.05) is 12.8 Å². The summed E-state index contributed by atoms with van der Waals surface area (Å²) in [4.78, 5) is 12.6. The molecule has 2 N–H and O–H groups in total. The van der Waals surface area contributed by atoms with E-state index < -0.39 is 14.6 Å². The number of nitrogens with one attached hydrogen (secondary N) is 2. The van der Waals surface area contributed by atoms with Crippen LogP contribution < -0.4 is 10.6 Å². The molecule has 0 aromatic rings.